The minimum atomic E-state index is 0. The van der Waals surface area contributed by atoms with Crippen molar-refractivity contribution in [2.24, 2.45) is 4.99 Å². The summed E-state index contributed by atoms with van der Waals surface area (Å²) in [7, 11) is 4.10. The van der Waals surface area contributed by atoms with Crippen LogP contribution in [0, 0.1) is 0 Å². The SMILES string of the molecule is CCNC(=NCc1ccccc1OCCN(C)C)N1CCOC(C2CCCO2)C1.I. The lowest BCUT2D eigenvalue weighted by Gasteiger charge is -2.37. The molecule has 0 aromatic heterocycles. The number of hydrogen-bond acceptors (Lipinski definition) is 5. The molecular weight excluding hydrogens is 495 g/mol. The molecule has 2 saturated heterocycles. The van der Waals surface area contributed by atoms with Crippen LogP contribution in [-0.4, -0.2) is 88.1 Å². The average Bonchev–Trinajstić information content (AvgIpc) is 3.27. The summed E-state index contributed by atoms with van der Waals surface area (Å²) in [6.07, 6.45) is 2.55. The number of ether oxygens (including phenoxy) is 3. The minimum absolute atomic E-state index is 0. The van der Waals surface area contributed by atoms with Crippen molar-refractivity contribution in [3.63, 3.8) is 0 Å². The van der Waals surface area contributed by atoms with Crippen molar-refractivity contribution < 1.29 is 14.2 Å². The number of likely N-dealkylation sites (N-methyl/N-ethyl adjacent to an activating group) is 1. The Balaban J connectivity index is 0.00000320. The third kappa shape index (κ3) is 7.55. The Labute approximate surface area is 198 Å². The van der Waals surface area contributed by atoms with Crippen LogP contribution in [0.5, 0.6) is 5.75 Å². The maximum Gasteiger partial charge on any atom is 0.194 e. The van der Waals surface area contributed by atoms with Gasteiger partial charge in [0, 0.05) is 38.3 Å². The maximum atomic E-state index is 5.99. The van der Waals surface area contributed by atoms with Gasteiger partial charge < -0.3 is 29.3 Å². The number of halogens is 1. The number of para-hydroxylation sites is 1. The molecule has 0 aliphatic carbocycles. The molecule has 2 aliphatic rings. The molecule has 1 aromatic carbocycles. The summed E-state index contributed by atoms with van der Waals surface area (Å²) in [6.45, 7) is 8.30. The predicted octanol–water partition coefficient (Wildman–Crippen LogP) is 2.59. The third-order valence-electron chi connectivity index (χ3n) is 5.28. The van der Waals surface area contributed by atoms with Gasteiger partial charge in [0.15, 0.2) is 5.96 Å². The normalized spacial score (nSPS) is 22.1. The highest BCUT2D eigenvalue weighted by Gasteiger charge is 2.32. The lowest BCUT2D eigenvalue weighted by molar-refractivity contribution is -0.0817. The van der Waals surface area contributed by atoms with Gasteiger partial charge >= 0.3 is 0 Å². The molecule has 170 valence electrons. The zero-order chi connectivity index (χ0) is 20.5. The second kappa shape index (κ2) is 13.3. The van der Waals surface area contributed by atoms with Crippen molar-refractivity contribution in [1.82, 2.24) is 15.1 Å². The first kappa shape index (κ1) is 25.2. The number of guanidine groups is 1. The van der Waals surface area contributed by atoms with Crippen molar-refractivity contribution >= 4 is 29.9 Å². The molecule has 2 heterocycles. The highest BCUT2D eigenvalue weighted by atomic mass is 127. The summed E-state index contributed by atoms with van der Waals surface area (Å²) in [4.78, 5) is 9.34. The highest BCUT2D eigenvalue weighted by Crippen LogP contribution is 2.22. The number of benzene rings is 1. The number of nitrogens with one attached hydrogen (secondary N) is 1. The van der Waals surface area contributed by atoms with Crippen LogP contribution in [0.4, 0.5) is 0 Å². The van der Waals surface area contributed by atoms with E-state index in [-0.39, 0.29) is 36.2 Å². The molecule has 1 aromatic rings. The number of nitrogens with zero attached hydrogens (tertiary/aromatic N) is 3. The third-order valence-corrected chi connectivity index (χ3v) is 5.28. The Morgan fingerprint density at radius 3 is 2.77 bits per heavy atom. The van der Waals surface area contributed by atoms with Crippen molar-refractivity contribution in [1.29, 1.82) is 0 Å². The van der Waals surface area contributed by atoms with Crippen LogP contribution >= 0.6 is 24.0 Å². The number of aliphatic imine (C=N–C) groups is 1. The van der Waals surface area contributed by atoms with Crippen LogP contribution in [0.1, 0.15) is 25.3 Å². The van der Waals surface area contributed by atoms with Crippen LogP contribution in [0.2, 0.25) is 0 Å². The predicted molar refractivity (Wildman–Crippen MR) is 131 cm³/mol. The van der Waals surface area contributed by atoms with Gasteiger partial charge in [-0.25, -0.2) is 4.99 Å². The summed E-state index contributed by atoms with van der Waals surface area (Å²) in [5.74, 6) is 1.84. The van der Waals surface area contributed by atoms with E-state index in [1.807, 2.05) is 18.2 Å². The largest absolute Gasteiger partial charge is 0.492 e. The first-order valence-corrected chi connectivity index (χ1v) is 10.8. The van der Waals surface area contributed by atoms with Gasteiger partial charge in [0.1, 0.15) is 18.5 Å². The quantitative estimate of drug-likeness (QED) is 0.316. The van der Waals surface area contributed by atoms with Crippen LogP contribution < -0.4 is 10.1 Å². The van der Waals surface area contributed by atoms with E-state index in [1.54, 1.807) is 0 Å². The Morgan fingerprint density at radius 1 is 1.23 bits per heavy atom. The molecule has 2 aliphatic heterocycles. The van der Waals surface area contributed by atoms with E-state index in [0.717, 1.165) is 62.9 Å². The van der Waals surface area contributed by atoms with Crippen LogP contribution in [0.3, 0.4) is 0 Å². The fourth-order valence-corrected chi connectivity index (χ4v) is 3.69. The van der Waals surface area contributed by atoms with Gasteiger partial charge in [0.25, 0.3) is 0 Å². The lowest BCUT2D eigenvalue weighted by Crippen LogP contribution is -2.53. The average molecular weight is 532 g/mol. The van der Waals surface area contributed by atoms with Crippen molar-refractivity contribution in [3.8, 4) is 5.75 Å². The van der Waals surface area contributed by atoms with E-state index < -0.39 is 0 Å². The molecule has 0 spiro atoms. The monoisotopic (exact) mass is 532 g/mol. The molecular formula is C22H37IN4O3. The molecule has 2 fully saturated rings. The van der Waals surface area contributed by atoms with Crippen molar-refractivity contribution in [3.05, 3.63) is 29.8 Å². The summed E-state index contributed by atoms with van der Waals surface area (Å²) in [5.41, 5.74) is 1.10. The van der Waals surface area contributed by atoms with Crippen LogP contribution in [0.15, 0.2) is 29.3 Å². The second-order valence-corrected chi connectivity index (χ2v) is 7.84. The Bertz CT molecular complexity index is 653. The first-order valence-electron chi connectivity index (χ1n) is 10.8. The fraction of sp³-hybridized carbons (Fsp3) is 0.682. The summed E-state index contributed by atoms with van der Waals surface area (Å²) in [5, 5.41) is 3.44. The Morgan fingerprint density at radius 2 is 2.03 bits per heavy atom. The molecule has 2 atom stereocenters. The van der Waals surface area contributed by atoms with Crippen LogP contribution in [-0.2, 0) is 16.0 Å². The van der Waals surface area contributed by atoms with Gasteiger partial charge in [-0.05, 0) is 39.9 Å². The summed E-state index contributed by atoms with van der Waals surface area (Å²) in [6, 6.07) is 8.17. The maximum absolute atomic E-state index is 5.99. The highest BCUT2D eigenvalue weighted by molar-refractivity contribution is 14.0. The van der Waals surface area contributed by atoms with Crippen molar-refractivity contribution in [2.75, 3.05) is 60.1 Å². The van der Waals surface area contributed by atoms with Crippen LogP contribution in [0.25, 0.3) is 0 Å². The Hall–Kier alpha value is -1.10. The second-order valence-electron chi connectivity index (χ2n) is 7.84. The smallest absolute Gasteiger partial charge is 0.194 e. The molecule has 8 heteroatoms. The lowest BCUT2D eigenvalue weighted by atomic mass is 10.1. The molecule has 3 rings (SSSR count). The van der Waals surface area contributed by atoms with E-state index in [0.29, 0.717) is 19.8 Å². The number of hydrogen-bond donors (Lipinski definition) is 1. The van der Waals surface area contributed by atoms with Crippen molar-refractivity contribution in [2.45, 2.75) is 38.5 Å². The summed E-state index contributed by atoms with van der Waals surface area (Å²) < 4.78 is 17.8. The minimum Gasteiger partial charge on any atom is -0.492 e. The van der Waals surface area contributed by atoms with E-state index in [4.69, 9.17) is 19.2 Å². The molecule has 0 bridgehead atoms. The zero-order valence-electron chi connectivity index (χ0n) is 18.5. The van der Waals surface area contributed by atoms with Gasteiger partial charge in [0.2, 0.25) is 0 Å². The van der Waals surface area contributed by atoms with Gasteiger partial charge in [-0.15, -0.1) is 24.0 Å². The molecule has 0 radical (unpaired) electrons. The summed E-state index contributed by atoms with van der Waals surface area (Å²) >= 11 is 0. The van der Waals surface area contributed by atoms with E-state index in [2.05, 4.69) is 42.2 Å². The number of rotatable bonds is 8. The first-order chi connectivity index (χ1) is 14.2. The standard InChI is InChI=1S/C22H36N4O3.HI/c1-4-23-22(26-12-15-29-21(17-26)20-10-7-13-27-20)24-16-18-8-5-6-9-19(18)28-14-11-25(2)3;/h5-6,8-9,20-21H,4,7,10-17H2,1-3H3,(H,23,24);1H. The molecule has 2 unspecified atom stereocenters. The van der Waals surface area contributed by atoms with Gasteiger partial charge in [-0.3, -0.25) is 0 Å². The van der Waals surface area contributed by atoms with Gasteiger partial charge in [0.05, 0.1) is 19.3 Å². The molecule has 30 heavy (non-hydrogen) atoms. The molecule has 0 amide bonds. The zero-order valence-corrected chi connectivity index (χ0v) is 20.8. The van der Waals surface area contributed by atoms with E-state index in [9.17, 15) is 0 Å². The number of morpholine rings is 1. The van der Waals surface area contributed by atoms with E-state index in [1.165, 1.54) is 0 Å². The molecule has 0 saturated carbocycles. The molecule has 1 N–H and O–H groups in total. The van der Waals surface area contributed by atoms with Gasteiger partial charge in [-0.1, -0.05) is 18.2 Å². The van der Waals surface area contributed by atoms with E-state index >= 15 is 0 Å². The topological polar surface area (TPSA) is 58.6 Å². The Kier molecular flexibility index (Phi) is 11.2. The fourth-order valence-electron chi connectivity index (χ4n) is 3.69. The molecule has 7 nitrogen and oxygen atoms in total. The van der Waals surface area contributed by atoms with Gasteiger partial charge in [-0.2, -0.15) is 0 Å².